The zero-order valence-corrected chi connectivity index (χ0v) is 14.3. The maximum atomic E-state index is 12.9. The van der Waals surface area contributed by atoms with Crippen molar-refractivity contribution >= 4 is 60.0 Å². The van der Waals surface area contributed by atoms with Crippen LogP contribution in [0.4, 0.5) is 0 Å². The van der Waals surface area contributed by atoms with Crippen LogP contribution in [0.2, 0.25) is 0 Å². The lowest BCUT2D eigenvalue weighted by atomic mass is 10.1. The number of benzene rings is 1. The van der Waals surface area contributed by atoms with E-state index in [1.54, 1.807) is 11.3 Å². The predicted molar refractivity (Wildman–Crippen MR) is 95.9 cm³/mol. The Morgan fingerprint density at radius 2 is 1.87 bits per heavy atom. The summed E-state index contributed by atoms with van der Waals surface area (Å²) >= 11 is 4.65. The molecule has 0 saturated heterocycles. The van der Waals surface area contributed by atoms with Crippen LogP contribution in [0.5, 0.6) is 11.5 Å². The van der Waals surface area contributed by atoms with Gasteiger partial charge in [0, 0.05) is 25.6 Å². The van der Waals surface area contributed by atoms with Gasteiger partial charge in [0.05, 0.1) is 4.88 Å². The lowest BCUT2D eigenvalue weighted by Gasteiger charge is -2.15. The van der Waals surface area contributed by atoms with Crippen LogP contribution < -0.4 is 9.47 Å². The van der Waals surface area contributed by atoms with Crippen molar-refractivity contribution in [3.8, 4) is 11.5 Å². The number of hydrogen-bond acceptors (Lipinski definition) is 6. The number of thiophene rings is 3. The summed E-state index contributed by atoms with van der Waals surface area (Å²) in [6, 6.07) is 8.34. The summed E-state index contributed by atoms with van der Waals surface area (Å²) in [5, 5.41) is 6.31. The molecule has 4 aromatic rings. The normalized spacial score (nSPS) is 13.7. The van der Waals surface area contributed by atoms with Crippen LogP contribution in [0, 0.1) is 0 Å². The van der Waals surface area contributed by atoms with E-state index in [-0.39, 0.29) is 5.78 Å². The van der Waals surface area contributed by atoms with Gasteiger partial charge in [0.25, 0.3) is 0 Å². The van der Waals surface area contributed by atoms with Crippen molar-refractivity contribution in [3.05, 3.63) is 44.8 Å². The second-order valence-corrected chi connectivity index (χ2v) is 8.12. The van der Waals surface area contributed by atoms with Gasteiger partial charge in [-0.3, -0.25) is 4.79 Å². The van der Waals surface area contributed by atoms with E-state index in [2.05, 4.69) is 23.6 Å². The molecule has 1 aliphatic rings. The average molecular weight is 358 g/mol. The Balaban J connectivity index is 1.65. The Labute approximate surface area is 143 Å². The van der Waals surface area contributed by atoms with Crippen molar-refractivity contribution in [3.63, 3.8) is 0 Å². The number of ether oxygens (including phenoxy) is 2. The molecule has 0 saturated carbocycles. The molecule has 0 fully saturated rings. The first-order valence-electron chi connectivity index (χ1n) is 7.13. The largest absolute Gasteiger partial charge is 0.485 e. The summed E-state index contributed by atoms with van der Waals surface area (Å²) in [6.45, 7) is 1.03. The van der Waals surface area contributed by atoms with Crippen LogP contribution in [0.15, 0.2) is 35.0 Å². The molecule has 1 aromatic carbocycles. The van der Waals surface area contributed by atoms with Crippen LogP contribution in [-0.4, -0.2) is 19.0 Å². The van der Waals surface area contributed by atoms with Crippen molar-refractivity contribution in [2.24, 2.45) is 0 Å². The molecule has 4 heterocycles. The predicted octanol–water partition coefficient (Wildman–Crippen LogP) is 5.18. The Kier molecular flexibility index (Phi) is 2.98. The van der Waals surface area contributed by atoms with Gasteiger partial charge in [-0.15, -0.1) is 34.0 Å². The lowest BCUT2D eigenvalue weighted by Crippen LogP contribution is -2.15. The summed E-state index contributed by atoms with van der Waals surface area (Å²) in [6.07, 6.45) is 0. The summed E-state index contributed by atoms with van der Waals surface area (Å²) in [5.74, 6) is 1.31. The molecular formula is C17H10O3S3. The van der Waals surface area contributed by atoms with Gasteiger partial charge in [-0.2, -0.15) is 0 Å². The van der Waals surface area contributed by atoms with Crippen LogP contribution in [0.1, 0.15) is 14.5 Å². The highest BCUT2D eigenvalue weighted by atomic mass is 32.1. The summed E-state index contributed by atoms with van der Waals surface area (Å²) < 4.78 is 13.6. The number of carbonyl (C=O) groups excluding carboxylic acids is 1. The van der Waals surface area contributed by atoms with Crippen LogP contribution in [-0.2, 0) is 0 Å². The molecule has 23 heavy (non-hydrogen) atoms. The number of carbonyl (C=O) groups is 1. The molecule has 0 amide bonds. The number of fused-ring (bicyclic) bond motifs is 4. The lowest BCUT2D eigenvalue weighted by molar-refractivity contribution is 0.103. The second kappa shape index (κ2) is 5.06. The molecule has 5 rings (SSSR count). The van der Waals surface area contributed by atoms with Gasteiger partial charge in [0.1, 0.15) is 18.1 Å². The van der Waals surface area contributed by atoms with Gasteiger partial charge in [-0.05, 0) is 29.6 Å². The maximum absolute atomic E-state index is 12.9. The van der Waals surface area contributed by atoms with E-state index in [1.807, 2.05) is 11.4 Å². The molecule has 0 unspecified atom stereocenters. The molecule has 0 spiro atoms. The van der Waals surface area contributed by atoms with Gasteiger partial charge in [-0.25, -0.2) is 0 Å². The van der Waals surface area contributed by atoms with Gasteiger partial charge in [0.15, 0.2) is 11.5 Å². The third-order valence-electron chi connectivity index (χ3n) is 3.86. The van der Waals surface area contributed by atoms with Crippen molar-refractivity contribution < 1.29 is 14.3 Å². The molecule has 3 nitrogen and oxygen atoms in total. The highest BCUT2D eigenvalue weighted by molar-refractivity contribution is 7.22. The molecule has 3 aromatic heterocycles. The number of ketones is 1. The van der Waals surface area contributed by atoms with E-state index < -0.39 is 0 Å². The minimum Gasteiger partial charge on any atom is -0.485 e. The highest BCUT2D eigenvalue weighted by Gasteiger charge is 2.25. The summed E-state index contributed by atoms with van der Waals surface area (Å²) in [5.41, 5.74) is 0. The highest BCUT2D eigenvalue weighted by Crippen LogP contribution is 2.42. The smallest absolute Gasteiger partial charge is 0.216 e. The first-order valence-corrected chi connectivity index (χ1v) is 9.70. The summed E-state index contributed by atoms with van der Waals surface area (Å²) in [4.78, 5) is 14.3. The molecule has 114 valence electrons. The fraction of sp³-hybridized carbons (Fsp3) is 0.118. The Bertz CT molecular complexity index is 1050. The van der Waals surface area contributed by atoms with Crippen LogP contribution in [0.25, 0.3) is 20.2 Å². The van der Waals surface area contributed by atoms with Crippen LogP contribution in [0.3, 0.4) is 0 Å². The Morgan fingerprint density at radius 3 is 2.83 bits per heavy atom. The van der Waals surface area contributed by atoms with Gasteiger partial charge >= 0.3 is 0 Å². The first kappa shape index (κ1) is 13.5. The van der Waals surface area contributed by atoms with Gasteiger partial charge < -0.3 is 9.47 Å². The summed E-state index contributed by atoms with van der Waals surface area (Å²) in [7, 11) is 0. The minimum absolute atomic E-state index is 0.0197. The van der Waals surface area contributed by atoms with Crippen molar-refractivity contribution in [2.45, 2.75) is 0 Å². The van der Waals surface area contributed by atoms with Gasteiger partial charge in [0.2, 0.25) is 5.78 Å². The maximum Gasteiger partial charge on any atom is 0.216 e. The van der Waals surface area contributed by atoms with Crippen molar-refractivity contribution in [2.75, 3.05) is 13.2 Å². The van der Waals surface area contributed by atoms with E-state index in [0.29, 0.717) is 29.6 Å². The van der Waals surface area contributed by atoms with Crippen molar-refractivity contribution in [1.29, 1.82) is 0 Å². The number of hydrogen-bond donors (Lipinski definition) is 0. The molecule has 1 aliphatic heterocycles. The fourth-order valence-electron chi connectivity index (χ4n) is 2.81. The molecule has 0 atom stereocenters. The minimum atomic E-state index is 0.0197. The van der Waals surface area contributed by atoms with E-state index in [0.717, 1.165) is 15.0 Å². The van der Waals surface area contributed by atoms with Crippen molar-refractivity contribution in [1.82, 2.24) is 0 Å². The van der Waals surface area contributed by atoms with E-state index >= 15 is 0 Å². The van der Waals surface area contributed by atoms with E-state index in [9.17, 15) is 4.79 Å². The average Bonchev–Trinajstić information content (AvgIpc) is 3.29. The Morgan fingerprint density at radius 1 is 1.00 bits per heavy atom. The standard InChI is InChI=1S/C17H10O3S3/c18-15(17-16-11(8-22-17)19-4-5-20-16)14-7-10-9-3-6-21-12(9)1-2-13(10)23-14/h1-3,6-8H,4-5H2. The molecule has 6 heteroatoms. The van der Waals surface area contributed by atoms with E-state index in [4.69, 9.17) is 9.47 Å². The van der Waals surface area contributed by atoms with Crippen LogP contribution >= 0.6 is 34.0 Å². The third-order valence-corrected chi connectivity index (χ3v) is 6.78. The second-order valence-electron chi connectivity index (χ2n) is 5.20. The zero-order chi connectivity index (χ0) is 15.4. The third kappa shape index (κ3) is 2.02. The molecule has 0 bridgehead atoms. The molecular weight excluding hydrogens is 348 g/mol. The molecule has 0 aliphatic carbocycles. The molecule has 0 N–H and O–H groups in total. The fourth-order valence-corrected chi connectivity index (χ4v) is 5.58. The Hall–Kier alpha value is -1.89. The first-order chi connectivity index (χ1) is 11.3. The molecule has 0 radical (unpaired) electrons. The quantitative estimate of drug-likeness (QED) is 0.463. The topological polar surface area (TPSA) is 35.5 Å². The SMILES string of the molecule is O=C(c1cc2c(ccc3sccc32)s1)c1scc2c1OCCO2. The monoisotopic (exact) mass is 358 g/mol. The van der Waals surface area contributed by atoms with Gasteiger partial charge in [-0.1, -0.05) is 0 Å². The zero-order valence-electron chi connectivity index (χ0n) is 11.8. The van der Waals surface area contributed by atoms with E-state index in [1.165, 1.54) is 32.8 Å². The number of rotatable bonds is 2.